The van der Waals surface area contributed by atoms with Crippen molar-refractivity contribution in [2.45, 2.75) is 31.3 Å². The third kappa shape index (κ3) is 4.53. The summed E-state index contributed by atoms with van der Waals surface area (Å²) >= 11 is 0. The largest absolute Gasteiger partial charge is 0.279 e. The highest BCUT2D eigenvalue weighted by Crippen LogP contribution is 2.10. The maximum Gasteiger partial charge on any atom is 0.279 e. The van der Waals surface area contributed by atoms with Gasteiger partial charge in [0, 0.05) is 19.6 Å². The van der Waals surface area contributed by atoms with Crippen molar-refractivity contribution in [3.05, 3.63) is 29.8 Å². The van der Waals surface area contributed by atoms with Crippen LogP contribution in [0.1, 0.15) is 19.4 Å². The van der Waals surface area contributed by atoms with Crippen LogP contribution in [0.25, 0.3) is 0 Å². The lowest BCUT2D eigenvalue weighted by atomic mass is 10.2. The molecule has 0 spiro atoms. The van der Waals surface area contributed by atoms with E-state index >= 15 is 0 Å². The van der Waals surface area contributed by atoms with E-state index in [1.165, 1.54) is 29.6 Å². The highest BCUT2D eigenvalue weighted by Gasteiger charge is 2.19. The molecule has 3 N–H and O–H groups in total. The number of primary sulfonamides is 1. The van der Waals surface area contributed by atoms with Crippen LogP contribution in [0.5, 0.6) is 0 Å². The van der Waals surface area contributed by atoms with Crippen LogP contribution in [0.4, 0.5) is 0 Å². The molecule has 0 amide bonds. The molecule has 0 saturated carbocycles. The first-order valence-corrected chi connectivity index (χ1v) is 8.87. The fraction of sp³-hybridized carbons (Fsp3) is 0.455. The number of hydrogen-bond donors (Lipinski definition) is 2. The predicted octanol–water partition coefficient (Wildman–Crippen LogP) is 0.00860. The molecule has 1 rings (SSSR count). The SMILES string of the molecule is CC(C)N(C)S(=O)(=O)NCc1cccc(S(N)(=O)=O)c1. The summed E-state index contributed by atoms with van der Waals surface area (Å²) in [5.74, 6) is 0. The summed E-state index contributed by atoms with van der Waals surface area (Å²) in [7, 11) is -5.93. The number of benzene rings is 1. The first-order valence-electron chi connectivity index (χ1n) is 5.88. The molecule has 1 aromatic rings. The molecule has 7 nitrogen and oxygen atoms in total. The van der Waals surface area contributed by atoms with E-state index in [0.29, 0.717) is 5.56 Å². The van der Waals surface area contributed by atoms with Gasteiger partial charge in [0.05, 0.1) is 4.90 Å². The quantitative estimate of drug-likeness (QED) is 0.769. The molecule has 0 aliphatic heterocycles. The Morgan fingerprint density at radius 2 is 1.85 bits per heavy atom. The van der Waals surface area contributed by atoms with Gasteiger partial charge in [0.25, 0.3) is 10.2 Å². The maximum atomic E-state index is 11.9. The Bertz CT molecular complexity index is 669. The molecule has 0 aliphatic rings. The molecule has 0 aliphatic carbocycles. The van der Waals surface area contributed by atoms with Gasteiger partial charge < -0.3 is 0 Å². The second-order valence-corrected chi connectivity index (χ2v) is 8.00. The summed E-state index contributed by atoms with van der Waals surface area (Å²) in [6.45, 7) is 3.49. The monoisotopic (exact) mass is 321 g/mol. The molecule has 1 aromatic carbocycles. The minimum atomic E-state index is -3.80. The van der Waals surface area contributed by atoms with Crippen molar-refractivity contribution in [3.63, 3.8) is 0 Å². The van der Waals surface area contributed by atoms with E-state index in [4.69, 9.17) is 5.14 Å². The number of nitrogens with zero attached hydrogens (tertiary/aromatic N) is 1. The fourth-order valence-electron chi connectivity index (χ4n) is 1.39. The van der Waals surface area contributed by atoms with E-state index in [2.05, 4.69) is 4.72 Å². The second-order valence-electron chi connectivity index (χ2n) is 4.63. The van der Waals surface area contributed by atoms with Crippen LogP contribution in [0.3, 0.4) is 0 Å². The molecule has 0 radical (unpaired) electrons. The fourth-order valence-corrected chi connectivity index (χ4v) is 3.08. The molecule has 0 bridgehead atoms. The lowest BCUT2D eigenvalue weighted by molar-refractivity contribution is 0.402. The van der Waals surface area contributed by atoms with E-state index in [-0.39, 0.29) is 17.5 Å². The van der Waals surface area contributed by atoms with E-state index in [1.807, 2.05) is 0 Å². The van der Waals surface area contributed by atoms with Crippen LogP contribution in [-0.4, -0.2) is 34.2 Å². The van der Waals surface area contributed by atoms with Crippen LogP contribution in [-0.2, 0) is 26.8 Å². The van der Waals surface area contributed by atoms with Gasteiger partial charge in [-0.05, 0) is 31.5 Å². The molecule has 0 atom stereocenters. The average molecular weight is 321 g/mol. The Kier molecular flexibility index (Phi) is 5.27. The lowest BCUT2D eigenvalue weighted by Gasteiger charge is -2.21. The molecule has 114 valence electrons. The van der Waals surface area contributed by atoms with Crippen LogP contribution < -0.4 is 9.86 Å². The van der Waals surface area contributed by atoms with Gasteiger partial charge >= 0.3 is 0 Å². The van der Waals surface area contributed by atoms with Crippen molar-refractivity contribution in [3.8, 4) is 0 Å². The molecular formula is C11H19N3O4S2. The molecule has 0 fully saturated rings. The normalized spacial score (nSPS) is 13.1. The number of nitrogens with two attached hydrogens (primary N) is 1. The predicted molar refractivity (Wildman–Crippen MR) is 76.5 cm³/mol. The van der Waals surface area contributed by atoms with Gasteiger partial charge in [0.1, 0.15) is 0 Å². The van der Waals surface area contributed by atoms with E-state index in [0.717, 1.165) is 0 Å². The summed E-state index contributed by atoms with van der Waals surface area (Å²) in [5, 5.41) is 5.02. The van der Waals surface area contributed by atoms with E-state index in [1.54, 1.807) is 19.9 Å². The molecule has 0 aromatic heterocycles. The van der Waals surface area contributed by atoms with Gasteiger partial charge in [-0.1, -0.05) is 12.1 Å². The molecule has 20 heavy (non-hydrogen) atoms. The summed E-state index contributed by atoms with van der Waals surface area (Å²) in [6.07, 6.45) is 0. The van der Waals surface area contributed by atoms with Gasteiger partial charge in [-0.15, -0.1) is 0 Å². The highest BCUT2D eigenvalue weighted by atomic mass is 32.2. The van der Waals surface area contributed by atoms with Gasteiger partial charge in [-0.3, -0.25) is 0 Å². The molecular weight excluding hydrogens is 302 g/mol. The number of hydrogen-bond acceptors (Lipinski definition) is 4. The second kappa shape index (κ2) is 6.19. The van der Waals surface area contributed by atoms with Crippen molar-refractivity contribution in [2.75, 3.05) is 7.05 Å². The zero-order valence-corrected chi connectivity index (χ0v) is 13.2. The first kappa shape index (κ1) is 17.1. The van der Waals surface area contributed by atoms with Crippen molar-refractivity contribution < 1.29 is 16.8 Å². The van der Waals surface area contributed by atoms with Crippen LogP contribution >= 0.6 is 0 Å². The molecule has 0 heterocycles. The van der Waals surface area contributed by atoms with Gasteiger partial charge in [0.2, 0.25) is 10.0 Å². The first-order chi connectivity index (χ1) is 9.04. The van der Waals surface area contributed by atoms with E-state index in [9.17, 15) is 16.8 Å². The Hall–Kier alpha value is -1.00. The van der Waals surface area contributed by atoms with Gasteiger partial charge in [-0.25, -0.2) is 13.6 Å². The zero-order chi connectivity index (χ0) is 15.6. The highest BCUT2D eigenvalue weighted by molar-refractivity contribution is 7.89. The third-order valence-electron chi connectivity index (χ3n) is 2.79. The maximum absolute atomic E-state index is 11.9. The smallest absolute Gasteiger partial charge is 0.225 e. The Balaban J connectivity index is 2.87. The number of sulfonamides is 1. The molecule has 0 saturated heterocycles. The molecule has 9 heteroatoms. The Morgan fingerprint density at radius 1 is 1.25 bits per heavy atom. The minimum absolute atomic E-state index is 0.0112. The van der Waals surface area contributed by atoms with E-state index < -0.39 is 20.2 Å². The standard InChI is InChI=1S/C11H19N3O4S2/c1-9(2)14(3)20(17,18)13-8-10-5-4-6-11(7-10)19(12,15)16/h4-7,9,13H,8H2,1-3H3,(H2,12,15,16). The van der Waals surface area contributed by atoms with Crippen LogP contribution in [0.15, 0.2) is 29.2 Å². The van der Waals surface area contributed by atoms with Crippen molar-refractivity contribution in [1.29, 1.82) is 0 Å². The number of rotatable bonds is 6. The summed E-state index contributed by atoms with van der Waals surface area (Å²) in [4.78, 5) is -0.0496. The molecule has 0 unspecified atom stereocenters. The lowest BCUT2D eigenvalue weighted by Crippen LogP contribution is -2.41. The minimum Gasteiger partial charge on any atom is -0.225 e. The topological polar surface area (TPSA) is 110 Å². The van der Waals surface area contributed by atoms with Gasteiger partial charge in [-0.2, -0.15) is 17.4 Å². The Morgan fingerprint density at radius 3 is 2.35 bits per heavy atom. The Labute approximate surface area is 120 Å². The zero-order valence-electron chi connectivity index (χ0n) is 11.6. The third-order valence-corrected chi connectivity index (χ3v) is 5.39. The van der Waals surface area contributed by atoms with Crippen LogP contribution in [0.2, 0.25) is 0 Å². The van der Waals surface area contributed by atoms with Crippen molar-refractivity contribution >= 4 is 20.2 Å². The summed E-state index contributed by atoms with van der Waals surface area (Å²) < 4.78 is 49.8. The number of nitrogens with one attached hydrogen (secondary N) is 1. The van der Waals surface area contributed by atoms with Crippen LogP contribution in [0, 0.1) is 0 Å². The van der Waals surface area contributed by atoms with Gasteiger partial charge in [0.15, 0.2) is 0 Å². The average Bonchev–Trinajstić information content (AvgIpc) is 2.35. The van der Waals surface area contributed by atoms with Crippen molar-refractivity contribution in [2.24, 2.45) is 5.14 Å². The summed E-state index contributed by atoms with van der Waals surface area (Å²) in [6, 6.07) is 5.64. The summed E-state index contributed by atoms with van der Waals surface area (Å²) in [5.41, 5.74) is 0.511. The van der Waals surface area contributed by atoms with Crippen molar-refractivity contribution in [1.82, 2.24) is 9.03 Å².